The number of aromatic nitrogens is 2. The molecule has 180 valence electrons. The molecule has 1 aliphatic rings. The Hall–Kier alpha value is -4.01. The Morgan fingerprint density at radius 1 is 1.20 bits per heavy atom. The van der Waals surface area contributed by atoms with E-state index in [-0.39, 0.29) is 25.0 Å². The maximum absolute atomic E-state index is 13.0. The minimum atomic E-state index is -2.61. The van der Waals surface area contributed by atoms with Crippen LogP contribution in [0, 0.1) is 5.92 Å². The van der Waals surface area contributed by atoms with Crippen LogP contribution in [-0.4, -0.2) is 28.4 Å². The Morgan fingerprint density at radius 2 is 2.00 bits per heavy atom. The first-order valence-corrected chi connectivity index (χ1v) is 11.2. The van der Waals surface area contributed by atoms with Crippen LogP contribution in [0.3, 0.4) is 0 Å². The molecule has 0 spiro atoms. The summed E-state index contributed by atoms with van der Waals surface area (Å²) in [4.78, 5) is 20.2. The lowest BCUT2D eigenvalue weighted by molar-refractivity contribution is -0.119. The molecule has 7 nitrogen and oxygen atoms in total. The van der Waals surface area contributed by atoms with Gasteiger partial charge in [-0.1, -0.05) is 12.1 Å². The number of fused-ring (bicyclic) bond motifs is 1. The molecule has 2 heterocycles. The maximum atomic E-state index is 13.0. The number of ether oxygens (including phenoxy) is 2. The highest BCUT2D eigenvalue weighted by Crippen LogP contribution is 2.48. The van der Waals surface area contributed by atoms with E-state index in [9.17, 15) is 13.6 Å². The molecule has 0 radical (unpaired) electrons. The molecule has 0 aliphatic heterocycles. The number of amides is 1. The summed E-state index contributed by atoms with van der Waals surface area (Å²) in [5, 5.41) is 2.85. The Balaban J connectivity index is 1.26. The van der Waals surface area contributed by atoms with Crippen LogP contribution in [0.25, 0.3) is 22.6 Å². The number of alkyl halides is 2. The van der Waals surface area contributed by atoms with Crippen LogP contribution in [0.5, 0.6) is 17.4 Å². The third-order valence-corrected chi connectivity index (χ3v) is 5.75. The molecule has 4 aromatic rings. The van der Waals surface area contributed by atoms with E-state index in [2.05, 4.69) is 15.3 Å². The number of halogens is 2. The third kappa shape index (κ3) is 5.24. The molecule has 1 saturated carbocycles. The summed E-state index contributed by atoms with van der Waals surface area (Å²) in [6.07, 6.45) is 1.47. The van der Waals surface area contributed by atoms with Crippen molar-refractivity contribution in [3.63, 3.8) is 0 Å². The van der Waals surface area contributed by atoms with Gasteiger partial charge in [-0.15, -0.1) is 0 Å². The number of carbonyl (C=O) groups excluding carboxylic acids is 1. The zero-order chi connectivity index (χ0) is 24.6. The topological polar surface area (TPSA) is 86.5 Å². The standard InChI is InChI=1S/C26H23F2N3O4/c1-15(30-16(2)32)17-6-8-23-22(10-17)31-25(35-23)18-7-9-24(29-13-18)34-21-5-3-4-20(11-21)33-14-19-12-26(19,27)28/h3-11,13,15,19H,12,14H2,1-2H3,(H,30,32)/t15?,19-/m0/s1. The van der Waals surface area contributed by atoms with Gasteiger partial charge in [0.25, 0.3) is 5.92 Å². The van der Waals surface area contributed by atoms with E-state index in [0.717, 1.165) is 5.56 Å². The number of nitrogens with zero attached hydrogens (tertiary/aromatic N) is 2. The van der Waals surface area contributed by atoms with Crippen LogP contribution < -0.4 is 14.8 Å². The normalized spacial score (nSPS) is 17.1. The van der Waals surface area contributed by atoms with Gasteiger partial charge in [0.1, 0.15) is 17.0 Å². The number of oxazole rings is 1. The lowest BCUT2D eigenvalue weighted by Gasteiger charge is -2.12. The van der Waals surface area contributed by atoms with Crippen molar-refractivity contribution in [3.05, 3.63) is 66.4 Å². The molecule has 1 aliphatic carbocycles. The minimum absolute atomic E-state index is 0.0262. The molecule has 1 fully saturated rings. The SMILES string of the molecule is CC(=O)NC(C)c1ccc2oc(-c3ccc(Oc4cccc(OC[C@@H]5CC5(F)F)c4)nc3)nc2c1. The summed E-state index contributed by atoms with van der Waals surface area (Å²) in [6, 6.07) is 15.7. The fraction of sp³-hybridized carbons (Fsp3) is 0.269. The van der Waals surface area contributed by atoms with Gasteiger partial charge < -0.3 is 19.2 Å². The molecular weight excluding hydrogens is 456 g/mol. The zero-order valence-corrected chi connectivity index (χ0v) is 19.1. The summed E-state index contributed by atoms with van der Waals surface area (Å²) in [6.45, 7) is 3.36. The fourth-order valence-corrected chi connectivity index (χ4v) is 3.69. The number of rotatable bonds is 8. The minimum Gasteiger partial charge on any atom is -0.493 e. The second-order valence-electron chi connectivity index (χ2n) is 8.60. The average molecular weight is 479 g/mol. The molecule has 1 unspecified atom stereocenters. The van der Waals surface area contributed by atoms with Gasteiger partial charge in [0, 0.05) is 31.7 Å². The number of benzene rings is 2. The maximum Gasteiger partial charge on any atom is 0.255 e. The van der Waals surface area contributed by atoms with E-state index in [1.165, 1.54) is 6.92 Å². The first-order valence-electron chi connectivity index (χ1n) is 11.2. The van der Waals surface area contributed by atoms with Crippen molar-refractivity contribution in [1.29, 1.82) is 0 Å². The quantitative estimate of drug-likeness (QED) is 0.338. The molecule has 2 atom stereocenters. The summed E-state index contributed by atoms with van der Waals surface area (Å²) in [7, 11) is 0. The lowest BCUT2D eigenvalue weighted by Crippen LogP contribution is -2.23. The van der Waals surface area contributed by atoms with E-state index in [0.29, 0.717) is 39.9 Å². The number of hydrogen-bond acceptors (Lipinski definition) is 6. The predicted octanol–water partition coefficient (Wildman–Crippen LogP) is 5.91. The molecule has 0 saturated heterocycles. The van der Waals surface area contributed by atoms with Gasteiger partial charge in [0.2, 0.25) is 17.7 Å². The summed E-state index contributed by atoms with van der Waals surface area (Å²) in [5.41, 5.74) is 2.90. The Bertz CT molecular complexity index is 1370. The molecule has 35 heavy (non-hydrogen) atoms. The molecule has 5 rings (SSSR count). The van der Waals surface area contributed by atoms with Gasteiger partial charge in [0.05, 0.1) is 24.1 Å². The Morgan fingerprint density at radius 3 is 2.71 bits per heavy atom. The average Bonchev–Trinajstić information content (AvgIpc) is 3.23. The van der Waals surface area contributed by atoms with Crippen molar-refractivity contribution >= 4 is 17.0 Å². The molecular formula is C26H23F2N3O4. The van der Waals surface area contributed by atoms with Crippen molar-refractivity contribution in [2.75, 3.05) is 6.61 Å². The second kappa shape index (κ2) is 8.98. The van der Waals surface area contributed by atoms with Crippen molar-refractivity contribution in [2.24, 2.45) is 5.92 Å². The summed E-state index contributed by atoms with van der Waals surface area (Å²) in [5.74, 6) is -1.73. The largest absolute Gasteiger partial charge is 0.493 e. The highest BCUT2D eigenvalue weighted by Gasteiger charge is 2.57. The fourth-order valence-electron chi connectivity index (χ4n) is 3.69. The van der Waals surface area contributed by atoms with E-state index >= 15 is 0 Å². The molecule has 1 N–H and O–H groups in total. The molecule has 9 heteroatoms. The van der Waals surface area contributed by atoms with Gasteiger partial charge in [0.15, 0.2) is 5.58 Å². The van der Waals surface area contributed by atoms with Crippen LogP contribution in [0.15, 0.2) is 65.2 Å². The van der Waals surface area contributed by atoms with E-state index < -0.39 is 11.8 Å². The van der Waals surface area contributed by atoms with E-state index in [4.69, 9.17) is 13.9 Å². The first kappa shape index (κ1) is 22.8. The van der Waals surface area contributed by atoms with Crippen molar-refractivity contribution in [1.82, 2.24) is 15.3 Å². The van der Waals surface area contributed by atoms with Gasteiger partial charge in [-0.3, -0.25) is 4.79 Å². The van der Waals surface area contributed by atoms with Crippen LogP contribution >= 0.6 is 0 Å². The predicted molar refractivity (Wildman–Crippen MR) is 125 cm³/mol. The number of carbonyl (C=O) groups is 1. The van der Waals surface area contributed by atoms with Crippen LogP contribution in [0.4, 0.5) is 8.78 Å². The Labute approximate surface area is 200 Å². The molecule has 1 amide bonds. The molecule has 2 aromatic carbocycles. The number of pyridine rings is 1. The van der Waals surface area contributed by atoms with Crippen molar-refractivity contribution in [2.45, 2.75) is 32.2 Å². The number of hydrogen-bond donors (Lipinski definition) is 1. The summed E-state index contributed by atoms with van der Waals surface area (Å²) < 4.78 is 43.2. The number of nitrogens with one attached hydrogen (secondary N) is 1. The zero-order valence-electron chi connectivity index (χ0n) is 19.1. The van der Waals surface area contributed by atoms with Crippen LogP contribution in [0.1, 0.15) is 31.9 Å². The lowest BCUT2D eigenvalue weighted by atomic mass is 10.1. The first-order chi connectivity index (χ1) is 16.8. The molecule has 0 bridgehead atoms. The van der Waals surface area contributed by atoms with Gasteiger partial charge in [-0.25, -0.2) is 18.7 Å². The molecule has 2 aromatic heterocycles. The van der Waals surface area contributed by atoms with Gasteiger partial charge in [-0.05, 0) is 42.8 Å². The third-order valence-electron chi connectivity index (χ3n) is 5.75. The highest BCUT2D eigenvalue weighted by molar-refractivity contribution is 5.78. The van der Waals surface area contributed by atoms with E-state index in [1.54, 1.807) is 42.6 Å². The highest BCUT2D eigenvalue weighted by atomic mass is 19.3. The second-order valence-corrected chi connectivity index (χ2v) is 8.60. The van der Waals surface area contributed by atoms with Gasteiger partial charge >= 0.3 is 0 Å². The van der Waals surface area contributed by atoms with Gasteiger partial charge in [-0.2, -0.15) is 0 Å². The smallest absolute Gasteiger partial charge is 0.255 e. The van der Waals surface area contributed by atoms with Crippen LogP contribution in [-0.2, 0) is 4.79 Å². The van der Waals surface area contributed by atoms with Crippen molar-refractivity contribution < 1.29 is 27.5 Å². The Kier molecular flexibility index (Phi) is 5.84. The monoisotopic (exact) mass is 479 g/mol. The van der Waals surface area contributed by atoms with Crippen molar-refractivity contribution in [3.8, 4) is 28.8 Å². The van der Waals surface area contributed by atoms with E-state index in [1.807, 2.05) is 25.1 Å². The van der Waals surface area contributed by atoms with Crippen LogP contribution in [0.2, 0.25) is 0 Å². The summed E-state index contributed by atoms with van der Waals surface area (Å²) >= 11 is 0.